The maximum absolute atomic E-state index is 12.3. The molecule has 0 radical (unpaired) electrons. The van der Waals surface area contributed by atoms with Crippen molar-refractivity contribution in [3.05, 3.63) is 18.0 Å². The average molecular weight is 306 g/mol. The molecule has 1 aliphatic carbocycles. The first kappa shape index (κ1) is 15.5. The third-order valence-corrected chi connectivity index (χ3v) is 4.90. The first-order chi connectivity index (χ1) is 10.6. The van der Waals surface area contributed by atoms with Crippen molar-refractivity contribution in [3.63, 3.8) is 0 Å². The number of aryl methyl sites for hydroxylation is 2. The molecule has 2 aliphatic rings. The smallest absolute Gasteiger partial charge is 0.224 e. The van der Waals surface area contributed by atoms with Gasteiger partial charge in [0, 0.05) is 51.4 Å². The summed E-state index contributed by atoms with van der Waals surface area (Å²) in [6.45, 7) is 5.97. The molecule has 2 atom stereocenters. The van der Waals surface area contributed by atoms with Crippen LogP contribution in [-0.2, 0) is 11.3 Å². The molecular weight excluding hydrogens is 280 g/mol. The quantitative estimate of drug-likeness (QED) is 0.887. The van der Waals surface area contributed by atoms with Crippen LogP contribution in [0.1, 0.15) is 31.2 Å². The van der Waals surface area contributed by atoms with Crippen LogP contribution in [0.2, 0.25) is 0 Å². The Morgan fingerprint density at radius 2 is 2.09 bits per heavy atom. The lowest BCUT2D eigenvalue weighted by atomic mass is 10.1. The molecule has 0 unspecified atom stereocenters. The number of aromatic nitrogens is 2. The minimum absolute atomic E-state index is 0.176. The number of nitrogens with zero attached hydrogens (tertiary/aromatic N) is 4. The largest absolute Gasteiger partial charge is 0.391 e. The molecule has 0 bridgehead atoms. The van der Waals surface area contributed by atoms with Crippen LogP contribution in [0.25, 0.3) is 0 Å². The van der Waals surface area contributed by atoms with Gasteiger partial charge in [-0.15, -0.1) is 0 Å². The summed E-state index contributed by atoms with van der Waals surface area (Å²) in [5, 5.41) is 14.2. The Bertz CT molecular complexity index is 508. The Morgan fingerprint density at radius 3 is 2.68 bits per heavy atom. The van der Waals surface area contributed by atoms with E-state index in [4.69, 9.17) is 0 Å². The maximum atomic E-state index is 12.3. The van der Waals surface area contributed by atoms with E-state index < -0.39 is 0 Å². The van der Waals surface area contributed by atoms with Crippen LogP contribution in [0.5, 0.6) is 0 Å². The first-order valence-corrected chi connectivity index (χ1v) is 8.32. The zero-order valence-electron chi connectivity index (χ0n) is 13.3. The lowest BCUT2D eigenvalue weighted by Gasteiger charge is -2.39. The Kier molecular flexibility index (Phi) is 4.78. The minimum Gasteiger partial charge on any atom is -0.391 e. The van der Waals surface area contributed by atoms with E-state index in [2.05, 4.69) is 10.00 Å². The van der Waals surface area contributed by atoms with E-state index in [0.717, 1.165) is 51.0 Å². The van der Waals surface area contributed by atoms with Gasteiger partial charge in [-0.3, -0.25) is 14.4 Å². The number of aliphatic hydroxyl groups excluding tert-OH is 1. The SMILES string of the molecule is Cc1cnn(CCC(=O)N2CCN([C@@H]3CCC[C@@H]3O)CC2)c1. The third-order valence-electron chi connectivity index (χ3n) is 4.90. The number of amides is 1. The van der Waals surface area contributed by atoms with Gasteiger partial charge in [0.15, 0.2) is 0 Å². The fraction of sp³-hybridized carbons (Fsp3) is 0.750. The zero-order chi connectivity index (χ0) is 15.5. The van der Waals surface area contributed by atoms with E-state index in [1.807, 2.05) is 28.9 Å². The van der Waals surface area contributed by atoms with Crippen molar-refractivity contribution in [1.82, 2.24) is 19.6 Å². The first-order valence-electron chi connectivity index (χ1n) is 8.32. The monoisotopic (exact) mass is 306 g/mol. The summed E-state index contributed by atoms with van der Waals surface area (Å²) in [7, 11) is 0. The predicted octanol–water partition coefficient (Wildman–Crippen LogP) is 0.639. The molecule has 6 heteroatoms. The molecule has 1 aromatic heterocycles. The summed E-state index contributed by atoms with van der Waals surface area (Å²) >= 11 is 0. The van der Waals surface area contributed by atoms with Gasteiger partial charge in [0.05, 0.1) is 12.3 Å². The molecule has 1 amide bonds. The number of hydrogen-bond acceptors (Lipinski definition) is 4. The molecule has 0 spiro atoms. The average Bonchev–Trinajstić information content (AvgIpc) is 3.13. The molecule has 122 valence electrons. The van der Waals surface area contributed by atoms with Gasteiger partial charge in [-0.25, -0.2) is 0 Å². The zero-order valence-corrected chi connectivity index (χ0v) is 13.3. The second-order valence-corrected chi connectivity index (χ2v) is 6.51. The van der Waals surface area contributed by atoms with Crippen LogP contribution in [0.3, 0.4) is 0 Å². The van der Waals surface area contributed by atoms with Crippen LogP contribution < -0.4 is 0 Å². The number of piperazine rings is 1. The molecule has 2 fully saturated rings. The Hall–Kier alpha value is -1.40. The van der Waals surface area contributed by atoms with Crippen LogP contribution in [0.4, 0.5) is 0 Å². The number of carbonyl (C=O) groups excluding carboxylic acids is 1. The van der Waals surface area contributed by atoms with Crippen molar-refractivity contribution < 1.29 is 9.90 Å². The summed E-state index contributed by atoms with van der Waals surface area (Å²) in [4.78, 5) is 16.6. The van der Waals surface area contributed by atoms with Gasteiger partial charge in [0.1, 0.15) is 0 Å². The third kappa shape index (κ3) is 3.50. The van der Waals surface area contributed by atoms with Gasteiger partial charge in [-0.2, -0.15) is 5.10 Å². The van der Waals surface area contributed by atoms with E-state index in [1.54, 1.807) is 0 Å². The fourth-order valence-electron chi connectivity index (χ4n) is 3.61. The number of aliphatic hydroxyl groups is 1. The van der Waals surface area contributed by atoms with E-state index in [0.29, 0.717) is 19.0 Å². The molecule has 3 rings (SSSR count). The molecule has 1 saturated carbocycles. The number of rotatable bonds is 4. The van der Waals surface area contributed by atoms with Crippen molar-refractivity contribution >= 4 is 5.91 Å². The second kappa shape index (κ2) is 6.79. The minimum atomic E-state index is -0.176. The fourth-order valence-corrected chi connectivity index (χ4v) is 3.61. The lowest BCUT2D eigenvalue weighted by molar-refractivity contribution is -0.133. The number of carbonyl (C=O) groups is 1. The Labute approximate surface area is 131 Å². The standard InChI is InChI=1S/C16H26N4O2/c1-13-11-17-20(12-13)6-5-16(22)19-9-7-18(8-10-19)14-3-2-4-15(14)21/h11-12,14-15,21H,2-10H2,1H3/t14-,15+/m1/s1. The lowest BCUT2D eigenvalue weighted by Crippen LogP contribution is -2.53. The van der Waals surface area contributed by atoms with Crippen molar-refractivity contribution in [2.45, 2.75) is 51.3 Å². The van der Waals surface area contributed by atoms with Crippen molar-refractivity contribution in [1.29, 1.82) is 0 Å². The Morgan fingerprint density at radius 1 is 1.32 bits per heavy atom. The summed E-state index contributed by atoms with van der Waals surface area (Å²) < 4.78 is 1.83. The normalized spacial score (nSPS) is 26.5. The maximum Gasteiger partial charge on any atom is 0.224 e. The van der Waals surface area contributed by atoms with E-state index in [-0.39, 0.29) is 12.0 Å². The van der Waals surface area contributed by atoms with E-state index in [9.17, 15) is 9.90 Å². The molecule has 0 aromatic carbocycles. The van der Waals surface area contributed by atoms with Crippen molar-refractivity contribution in [3.8, 4) is 0 Å². The van der Waals surface area contributed by atoms with Gasteiger partial charge in [0.2, 0.25) is 5.91 Å². The summed E-state index contributed by atoms with van der Waals surface area (Å²) in [6.07, 6.45) is 7.25. The molecule has 1 aliphatic heterocycles. The molecule has 1 saturated heterocycles. The highest BCUT2D eigenvalue weighted by Crippen LogP contribution is 2.25. The van der Waals surface area contributed by atoms with E-state index in [1.165, 1.54) is 0 Å². The predicted molar refractivity (Wildman–Crippen MR) is 83.4 cm³/mol. The summed E-state index contributed by atoms with van der Waals surface area (Å²) in [5.41, 5.74) is 1.12. The van der Waals surface area contributed by atoms with Crippen LogP contribution in [-0.4, -0.2) is 68.9 Å². The molecule has 22 heavy (non-hydrogen) atoms. The molecule has 2 heterocycles. The Balaban J connectivity index is 1.43. The molecular formula is C16H26N4O2. The number of hydrogen-bond donors (Lipinski definition) is 1. The summed E-state index contributed by atoms with van der Waals surface area (Å²) in [6, 6.07) is 0.310. The van der Waals surface area contributed by atoms with Gasteiger partial charge < -0.3 is 10.0 Å². The van der Waals surface area contributed by atoms with Gasteiger partial charge in [0.25, 0.3) is 0 Å². The topological polar surface area (TPSA) is 61.6 Å². The van der Waals surface area contributed by atoms with Crippen LogP contribution in [0.15, 0.2) is 12.4 Å². The van der Waals surface area contributed by atoms with Crippen molar-refractivity contribution in [2.24, 2.45) is 0 Å². The van der Waals surface area contributed by atoms with Crippen molar-refractivity contribution in [2.75, 3.05) is 26.2 Å². The van der Waals surface area contributed by atoms with E-state index >= 15 is 0 Å². The highest BCUT2D eigenvalue weighted by atomic mass is 16.3. The van der Waals surface area contributed by atoms with Gasteiger partial charge in [-0.1, -0.05) is 0 Å². The molecule has 1 aromatic rings. The highest BCUT2D eigenvalue weighted by molar-refractivity contribution is 5.76. The molecule has 1 N–H and O–H groups in total. The van der Waals surface area contributed by atoms with Gasteiger partial charge >= 0.3 is 0 Å². The highest BCUT2D eigenvalue weighted by Gasteiger charge is 2.33. The molecule has 6 nitrogen and oxygen atoms in total. The van der Waals surface area contributed by atoms with Crippen LogP contribution in [0, 0.1) is 6.92 Å². The van der Waals surface area contributed by atoms with Gasteiger partial charge in [-0.05, 0) is 31.7 Å². The second-order valence-electron chi connectivity index (χ2n) is 6.51. The van der Waals surface area contributed by atoms with Crippen LogP contribution >= 0.6 is 0 Å². The summed E-state index contributed by atoms with van der Waals surface area (Å²) in [5.74, 6) is 0.208.